The van der Waals surface area contributed by atoms with Crippen LogP contribution in [0.15, 0.2) is 24.3 Å². The Morgan fingerprint density at radius 2 is 2.00 bits per heavy atom. The molecule has 1 aliphatic carbocycles. The Kier molecular flexibility index (Phi) is 4.80. The minimum atomic E-state index is -0.150. The highest BCUT2D eigenvalue weighted by atomic mass is 16.5. The number of methoxy groups -OCH3 is 1. The molecule has 0 bridgehead atoms. The van der Waals surface area contributed by atoms with Crippen LogP contribution in [0.25, 0.3) is 0 Å². The average Bonchev–Trinajstić information content (AvgIpc) is 2.45. The van der Waals surface area contributed by atoms with Crippen molar-refractivity contribution in [2.45, 2.75) is 38.3 Å². The Morgan fingerprint density at radius 3 is 2.63 bits per heavy atom. The van der Waals surface area contributed by atoms with Crippen molar-refractivity contribution in [3.63, 3.8) is 0 Å². The van der Waals surface area contributed by atoms with Crippen LogP contribution < -0.4 is 15.8 Å². The number of amides is 1. The topological polar surface area (TPSA) is 64.3 Å². The Hall–Kier alpha value is -1.55. The van der Waals surface area contributed by atoms with E-state index in [1.165, 1.54) is 5.56 Å². The lowest BCUT2D eigenvalue weighted by molar-refractivity contribution is -0.122. The largest absolute Gasteiger partial charge is 0.496 e. The molecule has 19 heavy (non-hydrogen) atoms. The molecule has 0 radical (unpaired) electrons. The monoisotopic (exact) mass is 262 g/mol. The highest BCUT2D eigenvalue weighted by molar-refractivity contribution is 5.76. The molecule has 4 nitrogen and oxygen atoms in total. The van der Waals surface area contributed by atoms with Crippen LogP contribution in [0, 0.1) is 5.92 Å². The van der Waals surface area contributed by atoms with Gasteiger partial charge in [0.25, 0.3) is 0 Å². The van der Waals surface area contributed by atoms with Crippen LogP contribution in [0.3, 0.4) is 0 Å². The van der Waals surface area contributed by atoms with Gasteiger partial charge in [0.2, 0.25) is 5.91 Å². The number of para-hydroxylation sites is 1. The first-order valence-corrected chi connectivity index (χ1v) is 6.85. The Bertz CT molecular complexity index is 426. The predicted molar refractivity (Wildman–Crippen MR) is 74.8 cm³/mol. The molecular weight excluding hydrogens is 240 g/mol. The normalized spacial score (nSPS) is 23.0. The summed E-state index contributed by atoms with van der Waals surface area (Å²) in [7, 11) is 1.69. The van der Waals surface area contributed by atoms with E-state index >= 15 is 0 Å². The van der Waals surface area contributed by atoms with Gasteiger partial charge in [0.05, 0.1) is 7.11 Å². The maximum Gasteiger partial charge on any atom is 0.220 e. The van der Waals surface area contributed by atoms with Crippen molar-refractivity contribution >= 4 is 5.91 Å². The third-order valence-corrected chi connectivity index (χ3v) is 3.90. The lowest BCUT2D eigenvalue weighted by Crippen LogP contribution is -2.36. The lowest BCUT2D eigenvalue weighted by Gasteiger charge is -2.27. The summed E-state index contributed by atoms with van der Waals surface area (Å²) in [5, 5.41) is 3.54. The molecule has 0 aliphatic heterocycles. The fourth-order valence-corrected chi connectivity index (χ4v) is 2.69. The van der Waals surface area contributed by atoms with E-state index in [1.807, 2.05) is 18.2 Å². The molecule has 0 atom stereocenters. The average molecular weight is 262 g/mol. The summed E-state index contributed by atoms with van der Waals surface area (Å²) in [6.07, 6.45) is 3.84. The zero-order valence-corrected chi connectivity index (χ0v) is 11.4. The summed E-state index contributed by atoms with van der Waals surface area (Å²) < 4.78 is 5.33. The van der Waals surface area contributed by atoms with Crippen molar-refractivity contribution in [2.75, 3.05) is 7.11 Å². The number of ether oxygens (including phenoxy) is 1. The molecule has 1 amide bonds. The second-order valence-electron chi connectivity index (χ2n) is 5.14. The number of nitrogens with two attached hydrogens (primary N) is 1. The van der Waals surface area contributed by atoms with Crippen LogP contribution in [0.2, 0.25) is 0 Å². The number of nitrogens with one attached hydrogen (secondary N) is 1. The zero-order valence-electron chi connectivity index (χ0n) is 11.4. The first-order chi connectivity index (χ1) is 9.20. The van der Waals surface area contributed by atoms with Gasteiger partial charge in [0.15, 0.2) is 0 Å². The molecule has 0 unspecified atom stereocenters. The third kappa shape index (κ3) is 3.70. The number of hydrogen-bond acceptors (Lipinski definition) is 3. The molecular formula is C15H22N2O2. The van der Waals surface area contributed by atoms with E-state index in [-0.39, 0.29) is 11.8 Å². The summed E-state index contributed by atoms with van der Waals surface area (Å²) in [6.45, 7) is 0.802. The maximum absolute atomic E-state index is 11.1. The predicted octanol–water partition coefficient (Wildman–Crippen LogP) is 1.83. The lowest BCUT2D eigenvalue weighted by atomic mass is 9.85. The SMILES string of the molecule is COc1ccccc1CNC1CCC(C(N)=O)CC1. The number of primary amides is 1. The molecule has 1 aromatic rings. The first kappa shape index (κ1) is 13.9. The van der Waals surface area contributed by atoms with Gasteiger partial charge in [0.1, 0.15) is 5.75 Å². The van der Waals surface area contributed by atoms with Gasteiger partial charge in [-0.05, 0) is 31.7 Å². The molecule has 1 aliphatic rings. The molecule has 0 spiro atoms. The van der Waals surface area contributed by atoms with Gasteiger partial charge in [0, 0.05) is 24.1 Å². The Labute approximate surface area is 114 Å². The van der Waals surface area contributed by atoms with Crippen LogP contribution in [0.5, 0.6) is 5.75 Å². The highest BCUT2D eigenvalue weighted by Crippen LogP contribution is 2.25. The van der Waals surface area contributed by atoms with Crippen molar-refractivity contribution in [3.05, 3.63) is 29.8 Å². The molecule has 0 heterocycles. The van der Waals surface area contributed by atoms with Crippen LogP contribution in [-0.4, -0.2) is 19.1 Å². The minimum Gasteiger partial charge on any atom is -0.496 e. The van der Waals surface area contributed by atoms with Crippen LogP contribution in [-0.2, 0) is 11.3 Å². The molecule has 0 saturated heterocycles. The van der Waals surface area contributed by atoms with Gasteiger partial charge in [-0.3, -0.25) is 4.79 Å². The van der Waals surface area contributed by atoms with Gasteiger partial charge in [-0.15, -0.1) is 0 Å². The standard InChI is InChI=1S/C15H22N2O2/c1-19-14-5-3-2-4-12(14)10-17-13-8-6-11(7-9-13)15(16)18/h2-5,11,13,17H,6-10H2,1H3,(H2,16,18). The number of carbonyl (C=O) groups excluding carboxylic acids is 1. The molecule has 0 aromatic heterocycles. The van der Waals surface area contributed by atoms with E-state index in [1.54, 1.807) is 7.11 Å². The summed E-state index contributed by atoms with van der Waals surface area (Å²) >= 11 is 0. The van der Waals surface area contributed by atoms with E-state index in [9.17, 15) is 4.79 Å². The minimum absolute atomic E-state index is 0.0734. The van der Waals surface area contributed by atoms with Crippen LogP contribution in [0.4, 0.5) is 0 Å². The maximum atomic E-state index is 11.1. The molecule has 1 aromatic carbocycles. The van der Waals surface area contributed by atoms with E-state index in [0.29, 0.717) is 6.04 Å². The Balaban J connectivity index is 1.82. The number of rotatable bonds is 5. The van der Waals surface area contributed by atoms with Gasteiger partial charge >= 0.3 is 0 Å². The van der Waals surface area contributed by atoms with Gasteiger partial charge < -0.3 is 15.8 Å². The van der Waals surface area contributed by atoms with Crippen LogP contribution >= 0.6 is 0 Å². The van der Waals surface area contributed by atoms with Gasteiger partial charge in [-0.25, -0.2) is 0 Å². The molecule has 1 saturated carbocycles. The number of benzene rings is 1. The summed E-state index contributed by atoms with van der Waals surface area (Å²) in [5.41, 5.74) is 6.51. The van der Waals surface area contributed by atoms with Crippen molar-refractivity contribution in [2.24, 2.45) is 11.7 Å². The fourth-order valence-electron chi connectivity index (χ4n) is 2.69. The van der Waals surface area contributed by atoms with E-state index < -0.39 is 0 Å². The van der Waals surface area contributed by atoms with Crippen molar-refractivity contribution < 1.29 is 9.53 Å². The second kappa shape index (κ2) is 6.57. The third-order valence-electron chi connectivity index (χ3n) is 3.90. The van der Waals surface area contributed by atoms with E-state index in [0.717, 1.165) is 38.0 Å². The number of carbonyl (C=O) groups is 1. The van der Waals surface area contributed by atoms with Crippen molar-refractivity contribution in [3.8, 4) is 5.75 Å². The Morgan fingerprint density at radius 1 is 1.32 bits per heavy atom. The summed E-state index contributed by atoms with van der Waals surface area (Å²) in [4.78, 5) is 11.1. The quantitative estimate of drug-likeness (QED) is 0.851. The van der Waals surface area contributed by atoms with E-state index in [2.05, 4.69) is 11.4 Å². The molecule has 104 valence electrons. The van der Waals surface area contributed by atoms with Crippen LogP contribution in [0.1, 0.15) is 31.2 Å². The zero-order chi connectivity index (χ0) is 13.7. The fraction of sp³-hybridized carbons (Fsp3) is 0.533. The smallest absolute Gasteiger partial charge is 0.220 e. The molecule has 4 heteroatoms. The van der Waals surface area contributed by atoms with Crippen molar-refractivity contribution in [1.82, 2.24) is 5.32 Å². The molecule has 3 N–H and O–H groups in total. The van der Waals surface area contributed by atoms with Gasteiger partial charge in [-0.2, -0.15) is 0 Å². The molecule has 1 fully saturated rings. The summed E-state index contributed by atoms with van der Waals surface area (Å²) in [5.74, 6) is 0.841. The van der Waals surface area contributed by atoms with Gasteiger partial charge in [-0.1, -0.05) is 18.2 Å². The first-order valence-electron chi connectivity index (χ1n) is 6.85. The van der Waals surface area contributed by atoms with E-state index in [4.69, 9.17) is 10.5 Å². The number of hydrogen-bond donors (Lipinski definition) is 2. The second-order valence-corrected chi connectivity index (χ2v) is 5.14. The van der Waals surface area contributed by atoms with Crippen molar-refractivity contribution in [1.29, 1.82) is 0 Å². The highest BCUT2D eigenvalue weighted by Gasteiger charge is 2.24. The molecule has 2 rings (SSSR count). The summed E-state index contributed by atoms with van der Waals surface area (Å²) in [6, 6.07) is 8.51.